The molecule has 3 N–H and O–H groups in total. The number of rotatable bonds is 5. The molecule has 4 nitrogen and oxygen atoms in total. The highest BCUT2D eigenvalue weighted by molar-refractivity contribution is 5.76. The Bertz CT molecular complexity index is 377. The molecule has 1 rings (SSSR count). The van der Waals surface area contributed by atoms with Crippen molar-refractivity contribution in [1.82, 2.24) is 0 Å². The number of hydrogen-bond donors (Lipinski definition) is 2. The van der Waals surface area contributed by atoms with E-state index >= 15 is 0 Å². The zero-order valence-electron chi connectivity index (χ0n) is 9.91. The van der Waals surface area contributed by atoms with E-state index in [9.17, 15) is 4.79 Å². The Morgan fingerprint density at radius 2 is 2.25 bits per heavy atom. The maximum atomic E-state index is 10.9. The van der Waals surface area contributed by atoms with Gasteiger partial charge >= 0.3 is 0 Å². The molecule has 16 heavy (non-hydrogen) atoms. The number of methoxy groups -OCH3 is 1. The van der Waals surface area contributed by atoms with E-state index in [1.165, 1.54) is 0 Å². The number of amides is 1. The third-order valence-electron chi connectivity index (χ3n) is 2.49. The van der Waals surface area contributed by atoms with Gasteiger partial charge in [-0.25, -0.2) is 0 Å². The fraction of sp³-hybridized carbons (Fsp3) is 0.417. The Kier molecular flexibility index (Phi) is 4.17. The summed E-state index contributed by atoms with van der Waals surface area (Å²) in [5.74, 6) is 0.383. The summed E-state index contributed by atoms with van der Waals surface area (Å²) in [5.41, 5.74) is 7.20. The number of benzene rings is 1. The van der Waals surface area contributed by atoms with E-state index in [0.717, 1.165) is 17.0 Å². The summed E-state index contributed by atoms with van der Waals surface area (Å²) in [4.78, 5) is 10.9. The van der Waals surface area contributed by atoms with Gasteiger partial charge in [-0.1, -0.05) is 6.92 Å². The first-order valence-corrected chi connectivity index (χ1v) is 5.22. The van der Waals surface area contributed by atoms with Crippen molar-refractivity contribution < 1.29 is 9.53 Å². The Balaban J connectivity index is 2.62. The lowest BCUT2D eigenvalue weighted by Gasteiger charge is -2.12. The molecule has 4 heteroatoms. The van der Waals surface area contributed by atoms with Crippen molar-refractivity contribution in [1.29, 1.82) is 0 Å². The summed E-state index contributed by atoms with van der Waals surface area (Å²) in [6.45, 7) is 4.31. The molecule has 0 saturated heterocycles. The summed E-state index contributed by atoms with van der Waals surface area (Å²) in [6.07, 6.45) is 0. The molecule has 0 aliphatic rings. The van der Waals surface area contributed by atoms with Crippen LogP contribution in [0.3, 0.4) is 0 Å². The van der Waals surface area contributed by atoms with Gasteiger partial charge in [0.2, 0.25) is 5.91 Å². The van der Waals surface area contributed by atoms with Gasteiger partial charge in [0.1, 0.15) is 5.75 Å². The highest BCUT2D eigenvalue weighted by atomic mass is 16.5. The summed E-state index contributed by atoms with van der Waals surface area (Å²) < 4.78 is 5.16. The van der Waals surface area contributed by atoms with Gasteiger partial charge in [0, 0.05) is 12.2 Å². The molecule has 1 atom stereocenters. The minimum absolute atomic E-state index is 0.178. The molecule has 0 aliphatic carbocycles. The van der Waals surface area contributed by atoms with Crippen molar-refractivity contribution >= 4 is 11.6 Å². The predicted octanol–water partition coefficient (Wildman–Crippen LogP) is 1.54. The number of carbonyl (C=O) groups is 1. The molecule has 0 aliphatic heterocycles. The van der Waals surface area contributed by atoms with Crippen LogP contribution < -0.4 is 15.8 Å². The summed E-state index contributed by atoms with van der Waals surface area (Å²) in [7, 11) is 1.64. The topological polar surface area (TPSA) is 64.3 Å². The van der Waals surface area contributed by atoms with Crippen LogP contribution in [0.5, 0.6) is 5.75 Å². The quantitative estimate of drug-likeness (QED) is 0.794. The van der Waals surface area contributed by atoms with Gasteiger partial charge < -0.3 is 15.8 Å². The van der Waals surface area contributed by atoms with Crippen LogP contribution in [0.4, 0.5) is 5.69 Å². The van der Waals surface area contributed by atoms with Crippen LogP contribution in [0.15, 0.2) is 18.2 Å². The molecule has 0 heterocycles. The standard InChI is InChI=1S/C12H18N2O2/c1-8-6-10(4-5-11(8)16-3)14-7-9(2)12(13)15/h4-6,9,14H,7H2,1-3H3,(H2,13,15). The normalized spacial score (nSPS) is 11.9. The number of primary amides is 1. The Hall–Kier alpha value is -1.71. The molecule has 88 valence electrons. The smallest absolute Gasteiger partial charge is 0.222 e. The lowest BCUT2D eigenvalue weighted by molar-refractivity contribution is -0.120. The highest BCUT2D eigenvalue weighted by Gasteiger charge is 2.08. The van der Waals surface area contributed by atoms with Crippen molar-refractivity contribution in [2.45, 2.75) is 13.8 Å². The Labute approximate surface area is 95.8 Å². The van der Waals surface area contributed by atoms with Crippen LogP contribution in [-0.4, -0.2) is 19.6 Å². The summed E-state index contributed by atoms with van der Waals surface area (Å²) in [5, 5.41) is 3.16. The van der Waals surface area contributed by atoms with Crippen LogP contribution in [0.2, 0.25) is 0 Å². The van der Waals surface area contributed by atoms with Gasteiger partial charge in [-0.3, -0.25) is 4.79 Å². The van der Waals surface area contributed by atoms with E-state index in [1.54, 1.807) is 14.0 Å². The summed E-state index contributed by atoms with van der Waals surface area (Å²) >= 11 is 0. The van der Waals surface area contributed by atoms with Crippen molar-refractivity contribution in [3.63, 3.8) is 0 Å². The number of ether oxygens (including phenoxy) is 1. The van der Waals surface area contributed by atoms with Crippen LogP contribution in [0.25, 0.3) is 0 Å². The number of carbonyl (C=O) groups excluding carboxylic acids is 1. The van der Waals surface area contributed by atoms with Crippen LogP contribution in [-0.2, 0) is 4.79 Å². The molecule has 0 spiro atoms. The zero-order chi connectivity index (χ0) is 12.1. The minimum Gasteiger partial charge on any atom is -0.496 e. The van der Waals surface area contributed by atoms with Crippen LogP contribution in [0, 0.1) is 12.8 Å². The average Bonchev–Trinajstić information content (AvgIpc) is 2.25. The SMILES string of the molecule is COc1ccc(NCC(C)C(N)=O)cc1C. The first kappa shape index (κ1) is 12.4. The van der Waals surface area contributed by atoms with Gasteiger partial charge in [-0.05, 0) is 30.7 Å². The predicted molar refractivity (Wildman–Crippen MR) is 64.6 cm³/mol. The van der Waals surface area contributed by atoms with Gasteiger partial charge in [0.15, 0.2) is 0 Å². The van der Waals surface area contributed by atoms with Crippen LogP contribution >= 0.6 is 0 Å². The molecule has 0 saturated carbocycles. The van der Waals surface area contributed by atoms with Gasteiger partial charge in [0.25, 0.3) is 0 Å². The molecule has 1 aromatic rings. The van der Waals surface area contributed by atoms with Crippen molar-refractivity contribution in [3.05, 3.63) is 23.8 Å². The number of anilines is 1. The fourth-order valence-electron chi connectivity index (χ4n) is 1.36. The van der Waals surface area contributed by atoms with Gasteiger partial charge in [0.05, 0.1) is 13.0 Å². The largest absolute Gasteiger partial charge is 0.496 e. The molecule has 1 aromatic carbocycles. The zero-order valence-corrected chi connectivity index (χ0v) is 9.91. The maximum Gasteiger partial charge on any atom is 0.222 e. The number of hydrogen-bond acceptors (Lipinski definition) is 3. The number of nitrogens with one attached hydrogen (secondary N) is 1. The first-order valence-electron chi connectivity index (χ1n) is 5.22. The molecule has 0 aromatic heterocycles. The third kappa shape index (κ3) is 3.15. The van der Waals surface area contributed by atoms with Crippen molar-refractivity contribution in [3.8, 4) is 5.75 Å². The first-order chi connectivity index (χ1) is 7.54. The second kappa shape index (κ2) is 5.39. The summed E-state index contributed by atoms with van der Waals surface area (Å²) in [6, 6.07) is 5.79. The monoisotopic (exact) mass is 222 g/mol. The molecular formula is C12H18N2O2. The maximum absolute atomic E-state index is 10.9. The molecular weight excluding hydrogens is 204 g/mol. The third-order valence-corrected chi connectivity index (χ3v) is 2.49. The second-order valence-electron chi connectivity index (χ2n) is 3.87. The minimum atomic E-state index is -0.294. The van der Waals surface area contributed by atoms with E-state index < -0.39 is 0 Å². The van der Waals surface area contributed by atoms with Gasteiger partial charge in [-0.15, -0.1) is 0 Å². The fourth-order valence-corrected chi connectivity index (χ4v) is 1.36. The van der Waals surface area contributed by atoms with E-state index in [2.05, 4.69) is 5.32 Å². The molecule has 0 fully saturated rings. The van der Waals surface area contributed by atoms with Crippen molar-refractivity contribution in [2.75, 3.05) is 19.0 Å². The number of nitrogens with two attached hydrogens (primary N) is 1. The molecule has 0 radical (unpaired) electrons. The Morgan fingerprint density at radius 3 is 2.75 bits per heavy atom. The lowest BCUT2D eigenvalue weighted by Crippen LogP contribution is -2.26. The van der Waals surface area contributed by atoms with E-state index in [0.29, 0.717) is 6.54 Å². The molecule has 1 unspecified atom stereocenters. The second-order valence-corrected chi connectivity index (χ2v) is 3.87. The van der Waals surface area contributed by atoms with Crippen molar-refractivity contribution in [2.24, 2.45) is 11.7 Å². The lowest BCUT2D eigenvalue weighted by atomic mass is 10.1. The number of aryl methyl sites for hydroxylation is 1. The average molecular weight is 222 g/mol. The van der Waals surface area contributed by atoms with Crippen LogP contribution in [0.1, 0.15) is 12.5 Å². The van der Waals surface area contributed by atoms with E-state index in [1.807, 2.05) is 25.1 Å². The Morgan fingerprint density at radius 1 is 1.56 bits per heavy atom. The van der Waals surface area contributed by atoms with E-state index in [4.69, 9.17) is 10.5 Å². The highest BCUT2D eigenvalue weighted by Crippen LogP contribution is 2.21. The van der Waals surface area contributed by atoms with E-state index in [-0.39, 0.29) is 11.8 Å². The molecule has 0 bridgehead atoms. The molecule has 1 amide bonds. The van der Waals surface area contributed by atoms with Gasteiger partial charge in [-0.2, -0.15) is 0 Å².